The lowest BCUT2D eigenvalue weighted by Gasteiger charge is -2.09. The number of methoxy groups -OCH3 is 2. The third-order valence-corrected chi connectivity index (χ3v) is 3.50. The summed E-state index contributed by atoms with van der Waals surface area (Å²) >= 11 is 0. The highest BCUT2D eigenvalue weighted by atomic mass is 16.5. The number of amides is 2. The molecular formula is C19H22N4O5. The predicted octanol–water partition coefficient (Wildman–Crippen LogP) is 1.13. The minimum absolute atomic E-state index is 0.0624. The van der Waals surface area contributed by atoms with Crippen LogP contribution in [-0.4, -0.2) is 45.4 Å². The van der Waals surface area contributed by atoms with Gasteiger partial charge in [0.15, 0.2) is 18.1 Å². The SMILES string of the molecule is COc1ccc(NCC(=O)NN=Cc2ccc(OCC(N)=O)c(OC)c2)cc1. The first-order valence-corrected chi connectivity index (χ1v) is 8.31. The molecule has 0 spiro atoms. The molecule has 0 unspecified atom stereocenters. The largest absolute Gasteiger partial charge is 0.497 e. The zero-order chi connectivity index (χ0) is 20.4. The van der Waals surface area contributed by atoms with Gasteiger partial charge in [0.05, 0.1) is 27.0 Å². The second-order valence-corrected chi connectivity index (χ2v) is 5.54. The normalized spacial score (nSPS) is 10.4. The Kier molecular flexibility index (Phi) is 7.64. The number of anilines is 1. The van der Waals surface area contributed by atoms with Gasteiger partial charge in [0.2, 0.25) is 0 Å². The summed E-state index contributed by atoms with van der Waals surface area (Å²) in [7, 11) is 3.06. The topological polar surface area (TPSA) is 124 Å². The first-order chi connectivity index (χ1) is 13.5. The molecule has 0 aliphatic carbocycles. The number of carbonyl (C=O) groups excluding carboxylic acids is 2. The van der Waals surface area contributed by atoms with E-state index in [1.807, 2.05) is 12.1 Å². The van der Waals surface area contributed by atoms with E-state index >= 15 is 0 Å². The fraction of sp³-hybridized carbons (Fsp3) is 0.211. The smallest absolute Gasteiger partial charge is 0.259 e. The van der Waals surface area contributed by atoms with Gasteiger partial charge in [0.1, 0.15) is 5.75 Å². The van der Waals surface area contributed by atoms with Crippen molar-refractivity contribution in [2.75, 3.05) is 32.7 Å². The van der Waals surface area contributed by atoms with Gasteiger partial charge in [-0.3, -0.25) is 9.59 Å². The molecule has 0 heterocycles. The second kappa shape index (κ2) is 10.4. The summed E-state index contributed by atoms with van der Waals surface area (Å²) in [5.74, 6) is 0.643. The van der Waals surface area contributed by atoms with Gasteiger partial charge >= 0.3 is 0 Å². The number of nitrogens with one attached hydrogen (secondary N) is 2. The number of nitrogens with zero attached hydrogens (tertiary/aromatic N) is 1. The highest BCUT2D eigenvalue weighted by molar-refractivity contribution is 5.85. The summed E-state index contributed by atoms with van der Waals surface area (Å²) in [6, 6.07) is 12.2. The molecule has 148 valence electrons. The lowest BCUT2D eigenvalue weighted by molar-refractivity contribution is -0.120. The summed E-state index contributed by atoms with van der Waals surface area (Å²) < 4.78 is 15.5. The van der Waals surface area contributed by atoms with Gasteiger partial charge in [-0.25, -0.2) is 5.43 Å². The fourth-order valence-electron chi connectivity index (χ4n) is 2.14. The number of rotatable bonds is 10. The molecule has 2 rings (SSSR count). The number of carbonyl (C=O) groups is 2. The fourth-order valence-corrected chi connectivity index (χ4v) is 2.14. The zero-order valence-corrected chi connectivity index (χ0v) is 15.6. The molecule has 2 aromatic carbocycles. The van der Waals surface area contributed by atoms with E-state index in [0.717, 1.165) is 11.4 Å². The number of ether oxygens (including phenoxy) is 3. The van der Waals surface area contributed by atoms with Crippen LogP contribution in [0.1, 0.15) is 5.56 Å². The highest BCUT2D eigenvalue weighted by Crippen LogP contribution is 2.27. The Morgan fingerprint density at radius 3 is 2.46 bits per heavy atom. The number of benzene rings is 2. The maximum Gasteiger partial charge on any atom is 0.259 e. The molecule has 0 fully saturated rings. The minimum atomic E-state index is -0.585. The maximum absolute atomic E-state index is 11.9. The summed E-state index contributed by atoms with van der Waals surface area (Å²) in [5.41, 5.74) is 8.94. The number of primary amides is 1. The van der Waals surface area contributed by atoms with E-state index in [9.17, 15) is 9.59 Å². The molecule has 0 aromatic heterocycles. The van der Waals surface area contributed by atoms with Crippen molar-refractivity contribution in [3.8, 4) is 17.2 Å². The van der Waals surface area contributed by atoms with Crippen LogP contribution < -0.4 is 30.7 Å². The number of hydrogen-bond acceptors (Lipinski definition) is 7. The summed E-state index contributed by atoms with van der Waals surface area (Å²) in [6.07, 6.45) is 1.46. The molecule has 0 atom stereocenters. The molecule has 0 aliphatic heterocycles. The average molecular weight is 386 g/mol. The van der Waals surface area contributed by atoms with Crippen LogP contribution in [0.3, 0.4) is 0 Å². The maximum atomic E-state index is 11.9. The van der Waals surface area contributed by atoms with Crippen molar-refractivity contribution in [1.82, 2.24) is 5.43 Å². The molecule has 2 aromatic rings. The van der Waals surface area contributed by atoms with Gasteiger partial charge in [-0.1, -0.05) is 0 Å². The Balaban J connectivity index is 1.85. The van der Waals surface area contributed by atoms with Crippen molar-refractivity contribution < 1.29 is 23.8 Å². The average Bonchev–Trinajstić information content (AvgIpc) is 2.71. The highest BCUT2D eigenvalue weighted by Gasteiger charge is 2.06. The van der Waals surface area contributed by atoms with Crippen LogP contribution in [0.4, 0.5) is 5.69 Å². The minimum Gasteiger partial charge on any atom is -0.497 e. The lowest BCUT2D eigenvalue weighted by atomic mass is 10.2. The lowest BCUT2D eigenvalue weighted by Crippen LogP contribution is -2.25. The molecular weight excluding hydrogens is 364 g/mol. The molecule has 0 radical (unpaired) electrons. The van der Waals surface area contributed by atoms with Crippen molar-refractivity contribution in [2.24, 2.45) is 10.8 Å². The van der Waals surface area contributed by atoms with Gasteiger partial charge < -0.3 is 25.3 Å². The Labute approximate surface area is 162 Å². The van der Waals surface area contributed by atoms with Gasteiger partial charge in [0.25, 0.3) is 11.8 Å². The van der Waals surface area contributed by atoms with Crippen LogP contribution in [0.25, 0.3) is 0 Å². The van der Waals surface area contributed by atoms with Crippen molar-refractivity contribution in [1.29, 1.82) is 0 Å². The van der Waals surface area contributed by atoms with Crippen molar-refractivity contribution in [3.05, 3.63) is 48.0 Å². The van der Waals surface area contributed by atoms with Crippen LogP contribution >= 0.6 is 0 Å². The van der Waals surface area contributed by atoms with E-state index in [1.165, 1.54) is 13.3 Å². The standard InChI is InChI=1S/C19H22N4O5/c1-26-15-6-4-14(5-7-15)21-11-19(25)23-22-10-13-3-8-16(17(9-13)27-2)28-12-18(20)24/h3-10,21H,11-12H2,1-2H3,(H2,20,24)(H,23,25). The van der Waals surface area contributed by atoms with Gasteiger partial charge in [-0.15, -0.1) is 0 Å². The van der Waals surface area contributed by atoms with Crippen molar-refractivity contribution >= 4 is 23.7 Å². The Morgan fingerprint density at radius 1 is 1.07 bits per heavy atom. The first kappa shape index (κ1) is 20.6. The molecule has 0 saturated heterocycles. The molecule has 2 amide bonds. The third kappa shape index (κ3) is 6.52. The van der Waals surface area contributed by atoms with Crippen LogP contribution in [0, 0.1) is 0 Å². The van der Waals surface area contributed by atoms with E-state index in [1.54, 1.807) is 37.4 Å². The Hall–Kier alpha value is -3.75. The summed E-state index contributed by atoms with van der Waals surface area (Å²) in [4.78, 5) is 22.7. The molecule has 4 N–H and O–H groups in total. The molecule has 0 bridgehead atoms. The Bertz CT molecular complexity index is 837. The number of hydrazone groups is 1. The summed E-state index contributed by atoms with van der Waals surface area (Å²) in [6.45, 7) is -0.187. The van der Waals surface area contributed by atoms with Crippen molar-refractivity contribution in [2.45, 2.75) is 0 Å². The first-order valence-electron chi connectivity index (χ1n) is 8.31. The molecule has 0 aliphatic rings. The molecule has 0 saturated carbocycles. The Morgan fingerprint density at radius 2 is 1.82 bits per heavy atom. The van der Waals surface area contributed by atoms with E-state index in [4.69, 9.17) is 19.9 Å². The van der Waals surface area contributed by atoms with E-state index in [2.05, 4.69) is 15.8 Å². The van der Waals surface area contributed by atoms with E-state index in [0.29, 0.717) is 17.1 Å². The van der Waals surface area contributed by atoms with E-state index in [-0.39, 0.29) is 19.1 Å². The summed E-state index contributed by atoms with van der Waals surface area (Å²) in [5, 5.41) is 6.88. The van der Waals surface area contributed by atoms with Crippen molar-refractivity contribution in [3.63, 3.8) is 0 Å². The number of hydrogen-bond donors (Lipinski definition) is 3. The predicted molar refractivity (Wildman–Crippen MR) is 105 cm³/mol. The monoisotopic (exact) mass is 386 g/mol. The zero-order valence-electron chi connectivity index (χ0n) is 15.6. The van der Waals surface area contributed by atoms with Gasteiger partial charge in [0, 0.05) is 5.69 Å². The quantitative estimate of drug-likeness (QED) is 0.415. The molecule has 9 nitrogen and oxygen atoms in total. The van der Waals surface area contributed by atoms with Crippen LogP contribution in [-0.2, 0) is 9.59 Å². The van der Waals surface area contributed by atoms with Gasteiger partial charge in [-0.05, 0) is 48.0 Å². The molecule has 9 heteroatoms. The van der Waals surface area contributed by atoms with Crippen LogP contribution in [0.5, 0.6) is 17.2 Å². The van der Waals surface area contributed by atoms with Crippen LogP contribution in [0.15, 0.2) is 47.6 Å². The molecule has 28 heavy (non-hydrogen) atoms. The van der Waals surface area contributed by atoms with Gasteiger partial charge in [-0.2, -0.15) is 5.10 Å². The van der Waals surface area contributed by atoms with Crippen LogP contribution in [0.2, 0.25) is 0 Å². The third-order valence-electron chi connectivity index (χ3n) is 3.50. The number of nitrogens with two attached hydrogens (primary N) is 1. The second-order valence-electron chi connectivity index (χ2n) is 5.54. The van der Waals surface area contributed by atoms with E-state index < -0.39 is 5.91 Å².